The number of fused-ring (bicyclic) bond motifs is 5. The van der Waals surface area contributed by atoms with E-state index >= 15 is 0 Å². The largest absolute Gasteiger partial charge is 0.462 e. The fraction of sp³-hybridized carbons (Fsp3) is 0.966. The molecule has 98 heavy (non-hydrogen) atoms. The standard InChI is InChI=1S/C89H170N4O5/c1-10-16-22-28-32-36-42-48-68-92(69-49-43-37-33-29-23-17-11-2)72-52-55-85(95)97-79-61-63-88(8)78(75-79)76-83(98-86(96)56-53-73-91(66-46-40-26-20-14-5)67-47-41-27-21-15-6)87-81-59-58-80(89(81,9)64-62-82(87)88)77(7)57-60-84(94)90-65-54-74-93(70-50-44-38-34-30-24-18-12-3)71-51-45-39-35-31-25-19-13-4/h77-83,87H,10-76H2,1-9H3,(H,90,94)/t77-,78+,79-,80-,81+,82+,83+,87+,88+,89-/m1/s1. The summed E-state index contributed by atoms with van der Waals surface area (Å²) < 4.78 is 13.6. The lowest BCUT2D eigenvalue weighted by Crippen LogP contribution is -2.59. The van der Waals surface area contributed by atoms with Gasteiger partial charge in [-0.05, 0) is 215 Å². The molecule has 0 aromatic carbocycles. The van der Waals surface area contributed by atoms with Crippen molar-refractivity contribution in [2.75, 3.05) is 65.4 Å². The van der Waals surface area contributed by atoms with Crippen molar-refractivity contribution in [1.29, 1.82) is 0 Å². The first kappa shape index (κ1) is 88.7. The predicted molar refractivity (Wildman–Crippen MR) is 422 cm³/mol. The molecule has 4 aliphatic carbocycles. The lowest BCUT2D eigenvalue weighted by molar-refractivity contribution is -0.198. The molecular formula is C89H170N4O5. The van der Waals surface area contributed by atoms with Crippen molar-refractivity contribution in [3.8, 4) is 0 Å². The lowest BCUT2D eigenvalue weighted by Gasteiger charge is -2.62. The minimum absolute atomic E-state index is 0.00196. The van der Waals surface area contributed by atoms with E-state index in [9.17, 15) is 14.4 Å². The Balaban J connectivity index is 1.39. The quantitative estimate of drug-likeness (QED) is 0.0476. The van der Waals surface area contributed by atoms with Crippen molar-refractivity contribution in [2.24, 2.45) is 46.3 Å². The molecule has 576 valence electrons. The van der Waals surface area contributed by atoms with Gasteiger partial charge in [-0.15, -0.1) is 0 Å². The molecule has 0 heterocycles. The number of carbonyl (C=O) groups is 3. The fourth-order valence-electron chi connectivity index (χ4n) is 19.7. The second-order valence-corrected chi connectivity index (χ2v) is 34.1. The number of amides is 1. The van der Waals surface area contributed by atoms with Gasteiger partial charge < -0.3 is 29.5 Å². The van der Waals surface area contributed by atoms with Crippen molar-refractivity contribution in [2.45, 2.75) is 441 Å². The van der Waals surface area contributed by atoms with Crippen LogP contribution in [0.2, 0.25) is 0 Å². The third kappa shape index (κ3) is 36.8. The first-order valence-electron chi connectivity index (χ1n) is 44.7. The normalized spacial score (nSPS) is 23.3. The molecule has 0 aromatic heterocycles. The number of ether oxygens (including phenoxy) is 2. The van der Waals surface area contributed by atoms with Gasteiger partial charge in [0.05, 0.1) is 0 Å². The molecule has 0 aliphatic heterocycles. The summed E-state index contributed by atoms with van der Waals surface area (Å²) in [5.74, 6) is 3.00. The average Bonchev–Trinajstić information content (AvgIpc) is 1.34. The Labute approximate surface area is 610 Å². The molecule has 0 bridgehead atoms. The summed E-state index contributed by atoms with van der Waals surface area (Å²) in [7, 11) is 0. The summed E-state index contributed by atoms with van der Waals surface area (Å²) in [6.45, 7) is 32.4. The molecule has 9 heteroatoms. The van der Waals surface area contributed by atoms with Crippen LogP contribution in [-0.2, 0) is 23.9 Å². The maximum atomic E-state index is 14.6. The van der Waals surface area contributed by atoms with Gasteiger partial charge in [-0.25, -0.2) is 0 Å². The number of carbonyl (C=O) groups excluding carboxylic acids is 3. The molecule has 10 atom stereocenters. The summed E-state index contributed by atoms with van der Waals surface area (Å²) >= 11 is 0. The molecule has 0 unspecified atom stereocenters. The molecule has 4 saturated carbocycles. The molecule has 0 saturated heterocycles. The summed E-state index contributed by atoms with van der Waals surface area (Å²) in [5, 5.41) is 3.40. The minimum atomic E-state index is -0.0950. The summed E-state index contributed by atoms with van der Waals surface area (Å²) in [4.78, 5) is 50.3. The van der Waals surface area contributed by atoms with Crippen LogP contribution in [0.1, 0.15) is 428 Å². The lowest BCUT2D eigenvalue weighted by atomic mass is 9.43. The summed E-state index contributed by atoms with van der Waals surface area (Å²) in [6.07, 6.45) is 70.2. The average molecular weight is 1380 g/mol. The maximum absolute atomic E-state index is 14.6. The van der Waals surface area contributed by atoms with Crippen LogP contribution in [0.4, 0.5) is 0 Å². The number of hydrogen-bond donors (Lipinski definition) is 1. The van der Waals surface area contributed by atoms with Gasteiger partial charge in [-0.2, -0.15) is 0 Å². The second-order valence-electron chi connectivity index (χ2n) is 34.1. The van der Waals surface area contributed by atoms with Gasteiger partial charge in [0, 0.05) is 31.7 Å². The third-order valence-electron chi connectivity index (χ3n) is 25.9. The Kier molecular flexibility index (Phi) is 51.3. The smallest absolute Gasteiger partial charge is 0.306 e. The monoisotopic (exact) mass is 1380 g/mol. The molecule has 1 N–H and O–H groups in total. The van der Waals surface area contributed by atoms with Gasteiger partial charge >= 0.3 is 11.9 Å². The van der Waals surface area contributed by atoms with E-state index < -0.39 is 0 Å². The third-order valence-corrected chi connectivity index (χ3v) is 25.9. The van der Waals surface area contributed by atoms with Gasteiger partial charge in [0.2, 0.25) is 5.91 Å². The number of nitrogens with zero attached hydrogens (tertiary/aromatic N) is 3. The van der Waals surface area contributed by atoms with Crippen molar-refractivity contribution < 1.29 is 23.9 Å². The van der Waals surface area contributed by atoms with Crippen LogP contribution in [0.5, 0.6) is 0 Å². The zero-order valence-electron chi connectivity index (χ0n) is 67.4. The fourth-order valence-corrected chi connectivity index (χ4v) is 19.7. The van der Waals surface area contributed by atoms with E-state index in [4.69, 9.17) is 9.47 Å². The highest BCUT2D eigenvalue weighted by Crippen LogP contribution is 2.69. The Hall–Kier alpha value is -1.71. The second kappa shape index (κ2) is 56.6. The number of unbranched alkanes of at least 4 members (excludes halogenated alkanes) is 36. The highest BCUT2D eigenvalue weighted by atomic mass is 16.5. The van der Waals surface area contributed by atoms with E-state index in [-0.39, 0.29) is 40.9 Å². The molecule has 9 nitrogen and oxygen atoms in total. The highest BCUT2D eigenvalue weighted by molar-refractivity contribution is 5.75. The number of esters is 2. The van der Waals surface area contributed by atoms with Crippen molar-refractivity contribution in [3.63, 3.8) is 0 Å². The molecule has 0 spiro atoms. The summed E-state index contributed by atoms with van der Waals surface area (Å²) in [5.41, 5.74) is 0.301. The molecule has 4 rings (SSSR count). The summed E-state index contributed by atoms with van der Waals surface area (Å²) in [6, 6.07) is 0. The van der Waals surface area contributed by atoms with E-state index in [0.29, 0.717) is 54.8 Å². The molecule has 4 aliphatic rings. The molecule has 4 fully saturated rings. The van der Waals surface area contributed by atoms with Crippen molar-refractivity contribution in [1.82, 2.24) is 20.0 Å². The zero-order valence-corrected chi connectivity index (χ0v) is 67.4. The Morgan fingerprint density at radius 2 is 0.714 bits per heavy atom. The topological polar surface area (TPSA) is 91.4 Å². The first-order valence-corrected chi connectivity index (χ1v) is 44.7. The number of hydrogen-bond acceptors (Lipinski definition) is 8. The molecular weight excluding hydrogens is 1210 g/mol. The van der Waals surface area contributed by atoms with Gasteiger partial charge in [0.25, 0.3) is 0 Å². The zero-order chi connectivity index (χ0) is 70.6. The van der Waals surface area contributed by atoms with E-state index in [2.05, 4.69) is 82.3 Å². The van der Waals surface area contributed by atoms with E-state index in [1.54, 1.807) is 0 Å². The Morgan fingerprint density at radius 3 is 1.11 bits per heavy atom. The Bertz CT molecular complexity index is 1860. The van der Waals surface area contributed by atoms with Crippen molar-refractivity contribution in [3.05, 3.63) is 0 Å². The van der Waals surface area contributed by atoms with Crippen molar-refractivity contribution >= 4 is 17.8 Å². The molecule has 1 amide bonds. The van der Waals surface area contributed by atoms with E-state index in [0.717, 1.165) is 104 Å². The highest BCUT2D eigenvalue weighted by Gasteiger charge is 2.64. The number of rotatable bonds is 66. The maximum Gasteiger partial charge on any atom is 0.306 e. The van der Waals surface area contributed by atoms with Crippen LogP contribution >= 0.6 is 0 Å². The van der Waals surface area contributed by atoms with Gasteiger partial charge in [-0.3, -0.25) is 14.4 Å². The first-order chi connectivity index (χ1) is 47.9. The van der Waals surface area contributed by atoms with Gasteiger partial charge in [-0.1, -0.05) is 293 Å². The van der Waals surface area contributed by atoms with Crippen LogP contribution < -0.4 is 5.32 Å². The predicted octanol–water partition coefficient (Wildman–Crippen LogP) is 25.0. The van der Waals surface area contributed by atoms with E-state index in [1.807, 2.05) is 0 Å². The molecule has 0 aromatic rings. The van der Waals surface area contributed by atoms with Gasteiger partial charge in [0.1, 0.15) is 12.2 Å². The van der Waals surface area contributed by atoms with Crippen LogP contribution in [0.15, 0.2) is 0 Å². The van der Waals surface area contributed by atoms with Crippen LogP contribution in [0, 0.1) is 46.3 Å². The SMILES string of the molecule is CCCCCCCCCCN(CCCCCCCCCC)CCCNC(=O)CC[C@@H](C)[C@H]1CC[C@H]2[C@@H]3[C@@H](OC(=O)CCCN(CCCCCCC)CCCCCCC)C[C@@H]4C[C@H](OC(=O)CCCN(CCCCCCCCCC)CCCCCCCCCC)CC[C@]4(C)[C@H]3CC[C@]12C. The van der Waals surface area contributed by atoms with Crippen LogP contribution in [-0.4, -0.2) is 110 Å². The minimum Gasteiger partial charge on any atom is -0.462 e. The van der Waals surface area contributed by atoms with E-state index in [1.165, 1.54) is 308 Å². The van der Waals surface area contributed by atoms with Crippen LogP contribution in [0.3, 0.4) is 0 Å². The number of nitrogens with one attached hydrogen (secondary N) is 1. The molecule has 0 radical (unpaired) electrons. The van der Waals surface area contributed by atoms with Crippen LogP contribution in [0.25, 0.3) is 0 Å². The Morgan fingerprint density at radius 1 is 0.378 bits per heavy atom. The van der Waals surface area contributed by atoms with Gasteiger partial charge in [0.15, 0.2) is 0 Å².